The standard InChI is InChI=1S/C35H70N2.BrH/c1-3-5-7-9-11-13-15-17-19-21-23-25-27-29-31-36-33-34-37(35-36)32-30-28-26-24-22-20-18-16-14-12-10-8-6-4-2;/h33-34H,3-32,35H2,1-2H3;1H. The first-order valence-electron chi connectivity index (χ1n) is 17.5. The van der Waals surface area contributed by atoms with Crippen molar-refractivity contribution in [2.75, 3.05) is 19.8 Å². The van der Waals surface area contributed by atoms with Crippen LogP contribution >= 0.6 is 17.0 Å². The lowest BCUT2D eigenvalue weighted by Gasteiger charge is -2.21. The Bertz CT molecular complexity index is 427. The van der Waals surface area contributed by atoms with E-state index in [2.05, 4.69) is 36.0 Å². The van der Waals surface area contributed by atoms with Crippen molar-refractivity contribution >= 4 is 17.0 Å². The molecule has 1 aliphatic heterocycles. The molecule has 38 heavy (non-hydrogen) atoms. The molecule has 0 unspecified atom stereocenters. The van der Waals surface area contributed by atoms with Crippen molar-refractivity contribution in [1.82, 2.24) is 9.80 Å². The first-order valence-corrected chi connectivity index (χ1v) is 17.5. The largest absolute Gasteiger partial charge is 0.359 e. The quantitative estimate of drug-likeness (QED) is 0.0758. The zero-order valence-electron chi connectivity index (χ0n) is 26.4. The summed E-state index contributed by atoms with van der Waals surface area (Å²) in [4.78, 5) is 5.06. The van der Waals surface area contributed by atoms with Gasteiger partial charge in [-0.2, -0.15) is 0 Å². The summed E-state index contributed by atoms with van der Waals surface area (Å²) in [5, 5.41) is 0. The highest BCUT2D eigenvalue weighted by molar-refractivity contribution is 8.93. The summed E-state index contributed by atoms with van der Waals surface area (Å²) in [6, 6.07) is 0. The van der Waals surface area contributed by atoms with Gasteiger partial charge in [-0.15, -0.1) is 17.0 Å². The van der Waals surface area contributed by atoms with Crippen LogP contribution in [0, 0.1) is 0 Å². The van der Waals surface area contributed by atoms with Gasteiger partial charge < -0.3 is 9.80 Å². The van der Waals surface area contributed by atoms with Crippen LogP contribution in [0.2, 0.25) is 0 Å². The Morgan fingerprint density at radius 3 is 0.789 bits per heavy atom. The van der Waals surface area contributed by atoms with Crippen LogP contribution in [0.3, 0.4) is 0 Å². The Labute approximate surface area is 251 Å². The van der Waals surface area contributed by atoms with Crippen molar-refractivity contribution < 1.29 is 0 Å². The molecule has 0 fully saturated rings. The fourth-order valence-electron chi connectivity index (χ4n) is 5.83. The minimum Gasteiger partial charge on any atom is -0.359 e. The van der Waals surface area contributed by atoms with Crippen LogP contribution < -0.4 is 0 Å². The van der Waals surface area contributed by atoms with Gasteiger partial charge in [-0.3, -0.25) is 0 Å². The summed E-state index contributed by atoms with van der Waals surface area (Å²) in [7, 11) is 0. The second kappa shape index (κ2) is 31.3. The highest BCUT2D eigenvalue weighted by Gasteiger charge is 2.11. The molecular weight excluding hydrogens is 528 g/mol. The molecule has 0 aromatic carbocycles. The van der Waals surface area contributed by atoms with E-state index in [1.54, 1.807) is 0 Å². The van der Waals surface area contributed by atoms with Crippen LogP contribution in [0.15, 0.2) is 12.4 Å². The summed E-state index contributed by atoms with van der Waals surface area (Å²) in [5.74, 6) is 0. The second-order valence-corrected chi connectivity index (χ2v) is 12.3. The van der Waals surface area contributed by atoms with Crippen molar-refractivity contribution in [2.24, 2.45) is 0 Å². The Balaban J connectivity index is 0.0000137. The first-order chi connectivity index (χ1) is 18.4. The zero-order valence-corrected chi connectivity index (χ0v) is 28.1. The number of hydrogen-bond acceptors (Lipinski definition) is 2. The maximum Gasteiger partial charge on any atom is 0.0893 e. The summed E-state index contributed by atoms with van der Waals surface area (Å²) in [5.41, 5.74) is 0. The van der Waals surface area contributed by atoms with E-state index < -0.39 is 0 Å². The van der Waals surface area contributed by atoms with Crippen molar-refractivity contribution in [2.45, 2.75) is 194 Å². The summed E-state index contributed by atoms with van der Waals surface area (Å²) < 4.78 is 0. The van der Waals surface area contributed by atoms with Gasteiger partial charge in [0, 0.05) is 25.5 Å². The van der Waals surface area contributed by atoms with Crippen molar-refractivity contribution in [1.29, 1.82) is 0 Å². The molecular formula is C35H71BrN2. The van der Waals surface area contributed by atoms with Crippen LogP contribution in [0.5, 0.6) is 0 Å². The highest BCUT2D eigenvalue weighted by atomic mass is 79.9. The molecule has 1 rings (SSSR count). The van der Waals surface area contributed by atoms with Gasteiger partial charge in [0.05, 0.1) is 6.67 Å². The zero-order chi connectivity index (χ0) is 26.5. The molecule has 0 radical (unpaired) electrons. The van der Waals surface area contributed by atoms with Crippen LogP contribution in [0.1, 0.15) is 194 Å². The van der Waals surface area contributed by atoms with Crippen LogP contribution in [0.25, 0.3) is 0 Å². The third-order valence-corrected chi connectivity index (χ3v) is 8.45. The molecule has 0 atom stereocenters. The summed E-state index contributed by atoms with van der Waals surface area (Å²) >= 11 is 0. The summed E-state index contributed by atoms with van der Waals surface area (Å²) in [6.07, 6.45) is 45.2. The molecule has 0 N–H and O–H groups in total. The van der Waals surface area contributed by atoms with E-state index in [4.69, 9.17) is 0 Å². The van der Waals surface area contributed by atoms with Gasteiger partial charge >= 0.3 is 0 Å². The van der Waals surface area contributed by atoms with Crippen LogP contribution in [-0.4, -0.2) is 29.6 Å². The molecule has 0 bridgehead atoms. The smallest absolute Gasteiger partial charge is 0.0893 e. The molecule has 0 spiro atoms. The Hall–Kier alpha value is -0.180. The molecule has 0 aromatic heterocycles. The van der Waals surface area contributed by atoms with E-state index in [1.807, 2.05) is 0 Å². The molecule has 3 heteroatoms. The number of rotatable bonds is 30. The minimum atomic E-state index is 0. The molecule has 0 aromatic rings. The van der Waals surface area contributed by atoms with E-state index in [-0.39, 0.29) is 17.0 Å². The Morgan fingerprint density at radius 2 is 0.553 bits per heavy atom. The monoisotopic (exact) mass is 598 g/mol. The Morgan fingerprint density at radius 1 is 0.342 bits per heavy atom. The SMILES string of the molecule is Br.CCCCCCCCCCCCCCCCN1C=CN(CCCCCCCCCCCCCCCC)C1. The minimum absolute atomic E-state index is 0. The number of nitrogens with zero attached hydrogens (tertiary/aromatic N) is 2. The normalized spacial score (nSPS) is 13.0. The molecule has 0 saturated carbocycles. The van der Waals surface area contributed by atoms with Gasteiger partial charge in [-0.1, -0.05) is 181 Å². The van der Waals surface area contributed by atoms with Crippen molar-refractivity contribution in [3.8, 4) is 0 Å². The van der Waals surface area contributed by atoms with E-state index >= 15 is 0 Å². The lowest BCUT2D eigenvalue weighted by Crippen LogP contribution is -2.26. The van der Waals surface area contributed by atoms with Gasteiger partial charge in [0.15, 0.2) is 0 Å². The van der Waals surface area contributed by atoms with Crippen molar-refractivity contribution in [3.05, 3.63) is 12.4 Å². The molecule has 2 nitrogen and oxygen atoms in total. The third-order valence-electron chi connectivity index (χ3n) is 8.45. The molecule has 1 heterocycles. The molecule has 0 saturated heterocycles. The van der Waals surface area contributed by atoms with E-state index in [0.717, 1.165) is 6.67 Å². The molecule has 228 valence electrons. The highest BCUT2D eigenvalue weighted by Crippen LogP contribution is 2.16. The molecule has 0 amide bonds. The lowest BCUT2D eigenvalue weighted by atomic mass is 10.0. The average Bonchev–Trinajstić information content (AvgIpc) is 3.36. The average molecular weight is 600 g/mol. The fourth-order valence-corrected chi connectivity index (χ4v) is 5.83. The maximum atomic E-state index is 2.53. The van der Waals surface area contributed by atoms with Crippen LogP contribution in [-0.2, 0) is 0 Å². The van der Waals surface area contributed by atoms with Gasteiger partial charge in [0.2, 0.25) is 0 Å². The van der Waals surface area contributed by atoms with Crippen molar-refractivity contribution in [3.63, 3.8) is 0 Å². The predicted octanol–water partition coefficient (Wildman–Crippen LogP) is 12.6. The number of hydrogen-bond donors (Lipinski definition) is 0. The van der Waals surface area contributed by atoms with Gasteiger partial charge in [-0.25, -0.2) is 0 Å². The summed E-state index contributed by atoms with van der Waals surface area (Å²) in [6.45, 7) is 8.25. The Kier molecular flexibility index (Phi) is 31.2. The maximum absolute atomic E-state index is 2.53. The lowest BCUT2D eigenvalue weighted by molar-refractivity contribution is 0.257. The molecule has 1 aliphatic rings. The predicted molar refractivity (Wildman–Crippen MR) is 178 cm³/mol. The van der Waals surface area contributed by atoms with Gasteiger partial charge in [-0.05, 0) is 12.8 Å². The molecule has 0 aliphatic carbocycles. The van der Waals surface area contributed by atoms with E-state index in [0.29, 0.717) is 0 Å². The van der Waals surface area contributed by atoms with Crippen LogP contribution in [0.4, 0.5) is 0 Å². The van der Waals surface area contributed by atoms with Gasteiger partial charge in [0.1, 0.15) is 0 Å². The third kappa shape index (κ3) is 26.1. The fraction of sp³-hybridized carbons (Fsp3) is 0.943. The van der Waals surface area contributed by atoms with Gasteiger partial charge in [0.25, 0.3) is 0 Å². The topological polar surface area (TPSA) is 6.48 Å². The number of unbranched alkanes of at least 4 members (excludes halogenated alkanes) is 26. The second-order valence-electron chi connectivity index (χ2n) is 12.3. The first kappa shape index (κ1) is 37.8. The van der Waals surface area contributed by atoms with E-state index in [1.165, 1.54) is 193 Å². The number of halogens is 1. The van der Waals surface area contributed by atoms with E-state index in [9.17, 15) is 0 Å².